The zero-order valence-corrected chi connectivity index (χ0v) is 11.4. The average Bonchev–Trinajstić information content (AvgIpc) is 2.65. The maximum Gasteiger partial charge on any atom is 0.307 e. The Kier molecular flexibility index (Phi) is 2.24. The van der Waals surface area contributed by atoms with Crippen molar-refractivity contribution in [1.29, 1.82) is 0 Å². The van der Waals surface area contributed by atoms with E-state index in [9.17, 15) is 9.90 Å². The maximum absolute atomic E-state index is 11.3. The van der Waals surface area contributed by atoms with Crippen LogP contribution in [0.4, 0.5) is 0 Å². The molecular formula is C13H16N4O2. The van der Waals surface area contributed by atoms with Crippen molar-refractivity contribution in [1.82, 2.24) is 19.6 Å². The fraction of sp³-hybridized carbons (Fsp3) is 0.538. The number of aryl methyl sites for hydroxylation is 2. The fourth-order valence-electron chi connectivity index (χ4n) is 3.04. The Balaban J connectivity index is 2.16. The monoisotopic (exact) mass is 260 g/mol. The van der Waals surface area contributed by atoms with E-state index in [-0.39, 0.29) is 11.3 Å². The summed E-state index contributed by atoms with van der Waals surface area (Å²) in [6.45, 7) is 7.77. The number of nitrogens with zero attached hydrogens (tertiary/aromatic N) is 4. The van der Waals surface area contributed by atoms with Gasteiger partial charge in [-0.15, -0.1) is 10.2 Å². The van der Waals surface area contributed by atoms with Gasteiger partial charge in [0.25, 0.3) is 5.78 Å². The summed E-state index contributed by atoms with van der Waals surface area (Å²) >= 11 is 0. The summed E-state index contributed by atoms with van der Waals surface area (Å²) in [5.41, 5.74) is 1.58. The number of rotatable bonds is 2. The van der Waals surface area contributed by atoms with E-state index >= 15 is 0 Å². The van der Waals surface area contributed by atoms with E-state index in [0.29, 0.717) is 11.6 Å². The lowest BCUT2D eigenvalue weighted by atomic mass is 10.1. The molecule has 1 aliphatic rings. The number of carbonyl (C=O) groups is 1. The molecule has 6 nitrogen and oxygen atoms in total. The van der Waals surface area contributed by atoms with Crippen molar-refractivity contribution in [3.63, 3.8) is 0 Å². The van der Waals surface area contributed by atoms with Crippen LogP contribution in [0, 0.1) is 25.2 Å². The van der Waals surface area contributed by atoms with Gasteiger partial charge in [0, 0.05) is 17.3 Å². The summed E-state index contributed by atoms with van der Waals surface area (Å²) in [6.07, 6.45) is 0. The van der Waals surface area contributed by atoms with Crippen LogP contribution in [0.5, 0.6) is 0 Å². The molecule has 0 aromatic carbocycles. The summed E-state index contributed by atoms with van der Waals surface area (Å²) in [5.74, 6) is -0.0370. The lowest BCUT2D eigenvalue weighted by Gasteiger charge is -2.05. The summed E-state index contributed by atoms with van der Waals surface area (Å²) in [4.78, 5) is 15.6. The molecule has 1 saturated carbocycles. The van der Waals surface area contributed by atoms with E-state index < -0.39 is 11.9 Å². The van der Waals surface area contributed by atoms with E-state index in [1.165, 1.54) is 0 Å². The number of aliphatic carboxylic acids is 1. The molecule has 6 heteroatoms. The van der Waals surface area contributed by atoms with Crippen LogP contribution >= 0.6 is 0 Å². The van der Waals surface area contributed by atoms with Gasteiger partial charge in [-0.3, -0.25) is 9.20 Å². The molecule has 2 unspecified atom stereocenters. The topological polar surface area (TPSA) is 80.4 Å². The normalized spacial score (nSPS) is 24.6. The Bertz CT molecular complexity index is 689. The summed E-state index contributed by atoms with van der Waals surface area (Å²) in [7, 11) is 0. The van der Waals surface area contributed by atoms with Gasteiger partial charge in [0.05, 0.1) is 5.92 Å². The van der Waals surface area contributed by atoms with Gasteiger partial charge in [-0.05, 0) is 25.3 Å². The lowest BCUT2D eigenvalue weighted by Crippen LogP contribution is -2.04. The predicted octanol–water partition coefficient (Wildman–Crippen LogP) is 1.57. The van der Waals surface area contributed by atoms with Crippen molar-refractivity contribution in [3.8, 4) is 0 Å². The zero-order valence-electron chi connectivity index (χ0n) is 11.4. The standard InChI is InChI=1S/C13H16N4O2/c1-6-5-7(2)17-10(15-16-12(17)14-6)8-9(11(18)19)13(8,3)4/h5,8-9H,1-4H3,(H,18,19). The van der Waals surface area contributed by atoms with Crippen molar-refractivity contribution >= 4 is 11.7 Å². The predicted molar refractivity (Wildman–Crippen MR) is 67.9 cm³/mol. The molecule has 19 heavy (non-hydrogen) atoms. The SMILES string of the molecule is Cc1cc(C)n2c(C3C(C(=O)O)C3(C)C)nnc2n1. The van der Waals surface area contributed by atoms with Crippen LogP contribution in [-0.2, 0) is 4.79 Å². The molecule has 0 aliphatic heterocycles. The van der Waals surface area contributed by atoms with Gasteiger partial charge < -0.3 is 5.11 Å². The van der Waals surface area contributed by atoms with E-state index in [0.717, 1.165) is 11.4 Å². The third-order valence-electron chi connectivity index (χ3n) is 4.09. The molecule has 2 atom stereocenters. The zero-order chi connectivity index (χ0) is 13.9. The summed E-state index contributed by atoms with van der Waals surface area (Å²) in [5, 5.41) is 17.5. The van der Waals surface area contributed by atoms with Crippen LogP contribution in [0.1, 0.15) is 37.0 Å². The Morgan fingerprint density at radius 1 is 1.37 bits per heavy atom. The molecule has 2 heterocycles. The van der Waals surface area contributed by atoms with Crippen LogP contribution < -0.4 is 0 Å². The van der Waals surface area contributed by atoms with Crippen LogP contribution in [0.15, 0.2) is 6.07 Å². The van der Waals surface area contributed by atoms with Crippen molar-refractivity contribution in [2.75, 3.05) is 0 Å². The molecule has 1 aliphatic carbocycles. The van der Waals surface area contributed by atoms with Gasteiger partial charge in [-0.2, -0.15) is 0 Å². The van der Waals surface area contributed by atoms with E-state index in [1.807, 2.05) is 38.2 Å². The minimum absolute atomic E-state index is 0.108. The maximum atomic E-state index is 11.3. The molecule has 100 valence electrons. The number of hydrogen-bond donors (Lipinski definition) is 1. The Labute approximate surface area is 110 Å². The van der Waals surface area contributed by atoms with Crippen molar-refractivity contribution in [2.45, 2.75) is 33.6 Å². The summed E-state index contributed by atoms with van der Waals surface area (Å²) in [6, 6.07) is 1.95. The Hall–Kier alpha value is -1.98. The van der Waals surface area contributed by atoms with Crippen LogP contribution in [0.3, 0.4) is 0 Å². The smallest absolute Gasteiger partial charge is 0.307 e. The third kappa shape index (κ3) is 1.55. The van der Waals surface area contributed by atoms with Gasteiger partial charge in [0.15, 0.2) is 0 Å². The first-order chi connectivity index (χ1) is 8.84. The molecule has 2 aromatic rings. The van der Waals surface area contributed by atoms with Crippen molar-refractivity contribution in [3.05, 3.63) is 23.3 Å². The molecule has 1 N–H and O–H groups in total. The van der Waals surface area contributed by atoms with E-state index in [4.69, 9.17) is 0 Å². The minimum atomic E-state index is -0.774. The van der Waals surface area contributed by atoms with Gasteiger partial charge in [0.1, 0.15) is 5.82 Å². The quantitative estimate of drug-likeness (QED) is 0.886. The van der Waals surface area contributed by atoms with Crippen molar-refractivity contribution in [2.24, 2.45) is 11.3 Å². The largest absolute Gasteiger partial charge is 0.481 e. The molecule has 1 fully saturated rings. The highest BCUT2D eigenvalue weighted by Crippen LogP contribution is 2.63. The second-order valence-corrected chi connectivity index (χ2v) is 5.85. The fourth-order valence-corrected chi connectivity index (χ4v) is 3.04. The number of hydrogen-bond acceptors (Lipinski definition) is 4. The lowest BCUT2D eigenvalue weighted by molar-refractivity contribution is -0.139. The van der Waals surface area contributed by atoms with Crippen LogP contribution in [-0.4, -0.2) is 30.7 Å². The number of carboxylic acid groups (broad SMARTS) is 1. The molecule has 0 bridgehead atoms. The van der Waals surface area contributed by atoms with Crippen LogP contribution in [0.2, 0.25) is 0 Å². The number of aromatic nitrogens is 4. The van der Waals surface area contributed by atoms with E-state index in [1.54, 1.807) is 0 Å². The molecule has 0 spiro atoms. The van der Waals surface area contributed by atoms with Gasteiger partial charge in [0.2, 0.25) is 0 Å². The molecule has 0 saturated heterocycles. The Morgan fingerprint density at radius 2 is 2.05 bits per heavy atom. The first-order valence-electron chi connectivity index (χ1n) is 6.26. The van der Waals surface area contributed by atoms with Crippen molar-refractivity contribution < 1.29 is 9.90 Å². The highest BCUT2D eigenvalue weighted by molar-refractivity contribution is 5.77. The van der Waals surface area contributed by atoms with Gasteiger partial charge in [-0.25, -0.2) is 4.98 Å². The number of carboxylic acids is 1. The molecule has 0 radical (unpaired) electrons. The average molecular weight is 260 g/mol. The summed E-state index contributed by atoms with van der Waals surface area (Å²) < 4.78 is 1.86. The molecule has 2 aromatic heterocycles. The second kappa shape index (κ2) is 3.53. The molecule has 0 amide bonds. The van der Waals surface area contributed by atoms with Gasteiger partial charge >= 0.3 is 5.97 Å². The van der Waals surface area contributed by atoms with E-state index in [2.05, 4.69) is 15.2 Å². The second-order valence-electron chi connectivity index (χ2n) is 5.85. The highest BCUT2D eigenvalue weighted by atomic mass is 16.4. The minimum Gasteiger partial charge on any atom is -0.481 e. The highest BCUT2D eigenvalue weighted by Gasteiger charge is 2.64. The first-order valence-corrected chi connectivity index (χ1v) is 6.26. The first kappa shape index (κ1) is 12.1. The molecular weight excluding hydrogens is 244 g/mol. The Morgan fingerprint density at radius 3 is 2.63 bits per heavy atom. The third-order valence-corrected chi connectivity index (χ3v) is 4.09. The molecule has 3 rings (SSSR count). The van der Waals surface area contributed by atoms with Gasteiger partial charge in [-0.1, -0.05) is 13.8 Å². The number of fused-ring (bicyclic) bond motifs is 1. The van der Waals surface area contributed by atoms with Crippen LogP contribution in [0.25, 0.3) is 5.78 Å².